The van der Waals surface area contributed by atoms with Gasteiger partial charge < -0.3 is 20.3 Å². The van der Waals surface area contributed by atoms with E-state index in [9.17, 15) is 5.11 Å². The summed E-state index contributed by atoms with van der Waals surface area (Å²) in [6.07, 6.45) is 4.70. The number of benzene rings is 1. The van der Waals surface area contributed by atoms with Gasteiger partial charge in [0.05, 0.1) is 28.7 Å². The van der Waals surface area contributed by atoms with Crippen molar-refractivity contribution >= 4 is 16.5 Å². The van der Waals surface area contributed by atoms with E-state index in [4.69, 9.17) is 15.2 Å². The number of nitrogens with two attached hydrogens (primary N) is 1. The van der Waals surface area contributed by atoms with E-state index >= 15 is 0 Å². The Morgan fingerprint density at radius 1 is 1.41 bits per heavy atom. The molecular weight excluding hydrogens is 386 g/mol. The van der Waals surface area contributed by atoms with Gasteiger partial charge in [0.2, 0.25) is 0 Å². The predicted octanol–water partition coefficient (Wildman–Crippen LogP) is 2.43. The largest absolute Gasteiger partial charge is 0.493 e. The molecule has 1 aromatic heterocycles. The van der Waals surface area contributed by atoms with E-state index in [2.05, 4.69) is 16.0 Å². The van der Waals surface area contributed by atoms with Gasteiger partial charge in [0.25, 0.3) is 0 Å². The standard InChI is InChI=1S/C22H25N3O3S/c1-27-14-5-4-12-8-15-22(26)9-13-18(29-20(23)24-13)19-21(22,16(12)17(14)28-19)6-7-25(15)10-11-2-3-11/h4-5,11,15,19,26H,2-3,6-10H2,1H3,(H2,23,24)/t15-,19-,21-,22+/m0/s1. The summed E-state index contributed by atoms with van der Waals surface area (Å²) in [5.74, 6) is 2.38. The molecule has 1 saturated heterocycles. The third-order valence-corrected chi connectivity index (χ3v) is 9.11. The van der Waals surface area contributed by atoms with Gasteiger partial charge in [0, 0.05) is 24.6 Å². The Bertz CT molecular complexity index is 1050. The normalized spacial score (nSPS) is 36.3. The molecule has 0 radical (unpaired) electrons. The fraction of sp³-hybridized carbons (Fsp3) is 0.591. The number of thiazole rings is 1. The average Bonchev–Trinajstić information content (AvgIpc) is 3.33. The SMILES string of the molecule is COc1ccc2c3c1O[C@H]1c4sc(N)nc4C[C@@]4(O)[C@H](C2)N(CC2CC2)CC[C@]314. The Hall–Kier alpha value is -1.83. The van der Waals surface area contributed by atoms with Crippen molar-refractivity contribution in [1.82, 2.24) is 9.88 Å². The molecule has 7 rings (SSSR count). The monoisotopic (exact) mass is 411 g/mol. The lowest BCUT2D eigenvalue weighted by Gasteiger charge is -2.62. The van der Waals surface area contributed by atoms with Crippen molar-refractivity contribution in [1.29, 1.82) is 0 Å². The number of likely N-dealkylation sites (tertiary alicyclic amines) is 1. The highest BCUT2D eigenvalue weighted by molar-refractivity contribution is 7.15. The molecule has 2 fully saturated rings. The number of anilines is 1. The first-order valence-corrected chi connectivity index (χ1v) is 11.5. The van der Waals surface area contributed by atoms with Gasteiger partial charge >= 0.3 is 0 Å². The second-order valence-corrected chi connectivity index (χ2v) is 10.5. The van der Waals surface area contributed by atoms with Gasteiger partial charge in [0.1, 0.15) is 6.10 Å². The number of aromatic nitrogens is 1. The molecular formula is C22H25N3O3S. The van der Waals surface area contributed by atoms with E-state index in [1.807, 2.05) is 6.07 Å². The van der Waals surface area contributed by atoms with Crippen molar-refractivity contribution in [3.63, 3.8) is 0 Å². The minimum Gasteiger partial charge on any atom is -0.493 e. The number of rotatable bonds is 3. The Balaban J connectivity index is 1.50. The van der Waals surface area contributed by atoms with Crippen molar-refractivity contribution in [2.24, 2.45) is 5.92 Å². The number of ether oxygens (including phenoxy) is 2. The Morgan fingerprint density at radius 2 is 2.28 bits per heavy atom. The number of piperidine rings is 1. The van der Waals surface area contributed by atoms with Crippen LogP contribution in [0.25, 0.3) is 0 Å². The van der Waals surface area contributed by atoms with Crippen LogP contribution in [-0.2, 0) is 18.3 Å². The molecule has 1 aromatic carbocycles. The summed E-state index contributed by atoms with van der Waals surface area (Å²) < 4.78 is 12.3. The number of hydrogen-bond donors (Lipinski definition) is 2. The van der Waals surface area contributed by atoms with Crippen molar-refractivity contribution in [3.8, 4) is 11.5 Å². The van der Waals surface area contributed by atoms with E-state index < -0.39 is 11.0 Å². The summed E-state index contributed by atoms with van der Waals surface area (Å²) >= 11 is 1.52. The number of nitrogens with zero attached hydrogens (tertiary/aromatic N) is 2. The molecule has 1 spiro atoms. The molecule has 2 aromatic rings. The number of methoxy groups -OCH3 is 1. The minimum absolute atomic E-state index is 0.0888. The lowest BCUT2D eigenvalue weighted by atomic mass is 9.49. The van der Waals surface area contributed by atoms with Gasteiger partial charge in [-0.25, -0.2) is 4.98 Å². The molecule has 2 aliphatic heterocycles. The Kier molecular flexibility index (Phi) is 3.06. The number of nitrogen functional groups attached to an aromatic ring is 1. The molecule has 6 nitrogen and oxygen atoms in total. The van der Waals surface area contributed by atoms with Gasteiger partial charge in [0.15, 0.2) is 16.6 Å². The maximum Gasteiger partial charge on any atom is 0.180 e. The maximum atomic E-state index is 12.5. The number of fused-ring (bicyclic) bond motifs is 2. The van der Waals surface area contributed by atoms with E-state index in [1.54, 1.807) is 7.11 Å². The summed E-state index contributed by atoms with van der Waals surface area (Å²) in [6, 6.07) is 4.30. The van der Waals surface area contributed by atoms with E-state index in [0.717, 1.165) is 53.9 Å². The highest BCUT2D eigenvalue weighted by atomic mass is 32.1. The fourth-order valence-electron chi connectivity index (χ4n) is 6.76. The van der Waals surface area contributed by atoms with Gasteiger partial charge in [-0.2, -0.15) is 0 Å². The van der Waals surface area contributed by atoms with E-state index in [-0.39, 0.29) is 12.1 Å². The van der Waals surface area contributed by atoms with Crippen molar-refractivity contribution < 1.29 is 14.6 Å². The lowest BCUT2D eigenvalue weighted by molar-refractivity contribution is -0.172. The first-order chi connectivity index (χ1) is 14.0. The molecule has 152 valence electrons. The molecule has 4 atom stereocenters. The number of hydrogen-bond acceptors (Lipinski definition) is 7. The summed E-state index contributed by atoms with van der Waals surface area (Å²) in [4.78, 5) is 8.26. The highest BCUT2D eigenvalue weighted by Crippen LogP contribution is 2.69. The van der Waals surface area contributed by atoms with Crippen molar-refractivity contribution in [2.45, 2.75) is 55.3 Å². The molecule has 5 aliphatic rings. The summed E-state index contributed by atoms with van der Waals surface area (Å²) in [5, 5.41) is 13.1. The van der Waals surface area contributed by atoms with Crippen LogP contribution in [0.15, 0.2) is 12.1 Å². The molecule has 0 unspecified atom stereocenters. The first kappa shape index (κ1) is 16.9. The first-order valence-electron chi connectivity index (χ1n) is 10.6. The average molecular weight is 412 g/mol. The van der Waals surface area contributed by atoms with Crippen LogP contribution in [0, 0.1) is 5.92 Å². The Morgan fingerprint density at radius 3 is 3.07 bits per heavy atom. The lowest BCUT2D eigenvalue weighted by Crippen LogP contribution is -2.74. The van der Waals surface area contributed by atoms with Crippen LogP contribution < -0.4 is 15.2 Å². The molecule has 3 N–H and O–H groups in total. The predicted molar refractivity (Wildman–Crippen MR) is 110 cm³/mol. The molecule has 3 aliphatic carbocycles. The smallest absolute Gasteiger partial charge is 0.180 e. The van der Waals surface area contributed by atoms with Crippen molar-refractivity contribution in [3.05, 3.63) is 33.8 Å². The molecule has 3 heterocycles. The maximum absolute atomic E-state index is 12.5. The summed E-state index contributed by atoms with van der Waals surface area (Å²) in [5.41, 5.74) is 8.18. The minimum atomic E-state index is -0.900. The van der Waals surface area contributed by atoms with Crippen molar-refractivity contribution in [2.75, 3.05) is 25.9 Å². The van der Waals surface area contributed by atoms with Crippen LogP contribution in [0.4, 0.5) is 5.13 Å². The third kappa shape index (κ3) is 1.88. The molecule has 29 heavy (non-hydrogen) atoms. The van der Waals surface area contributed by atoms with Crippen LogP contribution in [0.1, 0.15) is 47.1 Å². The topological polar surface area (TPSA) is 80.8 Å². The Labute approximate surface area is 173 Å². The number of aliphatic hydroxyl groups is 1. The fourth-order valence-corrected chi connectivity index (χ4v) is 7.73. The van der Waals surface area contributed by atoms with Crippen LogP contribution in [-0.4, -0.2) is 46.8 Å². The summed E-state index contributed by atoms with van der Waals surface area (Å²) in [7, 11) is 1.69. The van der Waals surface area contributed by atoms with Crippen LogP contribution >= 0.6 is 11.3 Å². The zero-order chi connectivity index (χ0) is 19.5. The zero-order valence-corrected chi connectivity index (χ0v) is 17.3. The third-order valence-electron chi connectivity index (χ3n) is 8.14. The second kappa shape index (κ2) is 5.25. The summed E-state index contributed by atoms with van der Waals surface area (Å²) in [6.45, 7) is 2.10. The highest BCUT2D eigenvalue weighted by Gasteiger charge is 2.73. The van der Waals surface area contributed by atoms with Gasteiger partial charge in [-0.3, -0.25) is 4.90 Å². The van der Waals surface area contributed by atoms with Gasteiger partial charge in [-0.1, -0.05) is 17.4 Å². The molecule has 1 saturated carbocycles. The van der Waals surface area contributed by atoms with Crippen LogP contribution in [0.5, 0.6) is 11.5 Å². The van der Waals surface area contributed by atoms with E-state index in [0.29, 0.717) is 11.6 Å². The van der Waals surface area contributed by atoms with Gasteiger partial charge in [-0.05, 0) is 49.8 Å². The molecule has 7 heteroatoms. The zero-order valence-electron chi connectivity index (χ0n) is 16.5. The molecule has 2 bridgehead atoms. The van der Waals surface area contributed by atoms with E-state index in [1.165, 1.54) is 35.3 Å². The van der Waals surface area contributed by atoms with Gasteiger partial charge in [-0.15, -0.1) is 0 Å². The second-order valence-electron chi connectivity index (χ2n) is 9.47. The van der Waals surface area contributed by atoms with Crippen LogP contribution in [0.2, 0.25) is 0 Å². The molecule has 0 amide bonds. The quantitative estimate of drug-likeness (QED) is 0.808. The van der Waals surface area contributed by atoms with Crippen LogP contribution in [0.3, 0.4) is 0 Å².